The highest BCUT2D eigenvalue weighted by molar-refractivity contribution is 6.02. The minimum atomic E-state index is -0.315. The van der Waals surface area contributed by atoms with E-state index in [1.54, 1.807) is 24.3 Å². The summed E-state index contributed by atoms with van der Waals surface area (Å²) in [5.74, 6) is 1.03. The van der Waals surface area contributed by atoms with Gasteiger partial charge in [0.2, 0.25) is 0 Å². The maximum atomic E-state index is 12.3. The number of benzene rings is 2. The Balaban J connectivity index is 1.64. The van der Waals surface area contributed by atoms with Crippen molar-refractivity contribution in [1.82, 2.24) is 10.2 Å². The molecule has 3 rings (SSSR count). The number of aryl methyl sites for hydroxylation is 2. The summed E-state index contributed by atoms with van der Waals surface area (Å²) in [4.78, 5) is 12.3. The molecule has 138 valence electrons. The molecule has 0 saturated carbocycles. The lowest BCUT2D eigenvalue weighted by atomic mass is 10.1. The highest BCUT2D eigenvalue weighted by atomic mass is 16.5. The number of rotatable bonds is 6. The van der Waals surface area contributed by atoms with Gasteiger partial charge in [-0.05, 0) is 68.8 Å². The Bertz CT molecular complexity index is 922. The average molecular weight is 362 g/mol. The number of carbonyl (C=O) groups is 1. The quantitative estimate of drug-likeness (QED) is 0.676. The normalized spacial score (nSPS) is 10.3. The molecule has 0 spiro atoms. The van der Waals surface area contributed by atoms with Crippen LogP contribution >= 0.6 is 0 Å². The summed E-state index contributed by atoms with van der Waals surface area (Å²) in [6.07, 6.45) is 0. The second-order valence-corrected chi connectivity index (χ2v) is 6.16. The van der Waals surface area contributed by atoms with E-state index in [4.69, 9.17) is 4.74 Å². The van der Waals surface area contributed by atoms with Gasteiger partial charge in [-0.2, -0.15) is 0 Å². The van der Waals surface area contributed by atoms with Gasteiger partial charge < -0.3 is 15.4 Å². The molecule has 2 aromatic carbocycles. The first-order valence-electron chi connectivity index (χ1n) is 8.77. The SMILES string of the molecule is CCOc1ccc(NC(=O)c2ccc(Nc3ccc(C)cc3C)nn2)cc1. The van der Waals surface area contributed by atoms with Crippen molar-refractivity contribution in [2.45, 2.75) is 20.8 Å². The first-order valence-corrected chi connectivity index (χ1v) is 8.77. The Hall–Kier alpha value is -3.41. The van der Waals surface area contributed by atoms with Crippen LogP contribution in [0.15, 0.2) is 54.6 Å². The molecule has 2 N–H and O–H groups in total. The number of nitrogens with zero attached hydrogens (tertiary/aromatic N) is 2. The lowest BCUT2D eigenvalue weighted by Crippen LogP contribution is -2.14. The fourth-order valence-corrected chi connectivity index (χ4v) is 2.61. The van der Waals surface area contributed by atoms with Crippen molar-refractivity contribution in [3.63, 3.8) is 0 Å². The smallest absolute Gasteiger partial charge is 0.276 e. The van der Waals surface area contributed by atoms with E-state index >= 15 is 0 Å². The fourth-order valence-electron chi connectivity index (χ4n) is 2.61. The first-order chi connectivity index (χ1) is 13.0. The van der Waals surface area contributed by atoms with Gasteiger partial charge >= 0.3 is 0 Å². The molecule has 6 nitrogen and oxygen atoms in total. The molecule has 0 unspecified atom stereocenters. The summed E-state index contributed by atoms with van der Waals surface area (Å²) in [5.41, 5.74) is 4.19. The van der Waals surface area contributed by atoms with Crippen LogP contribution in [0.1, 0.15) is 28.5 Å². The van der Waals surface area contributed by atoms with Crippen LogP contribution in [0.3, 0.4) is 0 Å². The van der Waals surface area contributed by atoms with Gasteiger partial charge in [-0.1, -0.05) is 17.7 Å². The lowest BCUT2D eigenvalue weighted by molar-refractivity contribution is 0.102. The molecule has 1 amide bonds. The van der Waals surface area contributed by atoms with Gasteiger partial charge in [0.25, 0.3) is 5.91 Å². The molecule has 0 fully saturated rings. The van der Waals surface area contributed by atoms with Crippen LogP contribution in [-0.4, -0.2) is 22.7 Å². The minimum Gasteiger partial charge on any atom is -0.494 e. The van der Waals surface area contributed by atoms with Crippen LogP contribution in [0.4, 0.5) is 17.2 Å². The molecule has 0 aliphatic carbocycles. The van der Waals surface area contributed by atoms with Crippen molar-refractivity contribution in [1.29, 1.82) is 0 Å². The Kier molecular flexibility index (Phi) is 5.66. The van der Waals surface area contributed by atoms with E-state index < -0.39 is 0 Å². The summed E-state index contributed by atoms with van der Waals surface area (Å²) in [7, 11) is 0. The standard InChI is InChI=1S/C21H22N4O2/c1-4-27-17-8-6-16(7-9-17)22-21(26)19-11-12-20(25-24-19)23-18-10-5-14(2)13-15(18)3/h5-13H,4H2,1-3H3,(H,22,26)(H,23,25). The molecule has 0 aliphatic rings. The molecule has 0 aliphatic heterocycles. The average Bonchev–Trinajstić information content (AvgIpc) is 2.66. The van der Waals surface area contributed by atoms with E-state index in [0.717, 1.165) is 17.0 Å². The predicted molar refractivity (Wildman–Crippen MR) is 107 cm³/mol. The highest BCUT2D eigenvalue weighted by Crippen LogP contribution is 2.20. The number of nitrogens with one attached hydrogen (secondary N) is 2. The molecule has 3 aromatic rings. The molecule has 1 aromatic heterocycles. The third-order valence-electron chi connectivity index (χ3n) is 3.97. The van der Waals surface area contributed by atoms with Crippen LogP contribution in [0, 0.1) is 13.8 Å². The maximum Gasteiger partial charge on any atom is 0.276 e. The van der Waals surface area contributed by atoms with Gasteiger partial charge in [-0.15, -0.1) is 10.2 Å². The van der Waals surface area contributed by atoms with Crippen LogP contribution in [0.25, 0.3) is 0 Å². The minimum absolute atomic E-state index is 0.245. The van der Waals surface area contributed by atoms with Crippen LogP contribution < -0.4 is 15.4 Å². The monoisotopic (exact) mass is 362 g/mol. The molecule has 6 heteroatoms. The van der Waals surface area contributed by atoms with Crippen molar-refractivity contribution >= 4 is 23.1 Å². The first kappa shape index (κ1) is 18.4. The van der Waals surface area contributed by atoms with Crippen LogP contribution in [0.2, 0.25) is 0 Å². The van der Waals surface area contributed by atoms with E-state index in [-0.39, 0.29) is 11.6 Å². The summed E-state index contributed by atoms with van der Waals surface area (Å²) < 4.78 is 5.39. The summed E-state index contributed by atoms with van der Waals surface area (Å²) in [5, 5.41) is 14.1. The molecular weight excluding hydrogens is 340 g/mol. The predicted octanol–water partition coefficient (Wildman–Crippen LogP) is 4.49. The summed E-state index contributed by atoms with van der Waals surface area (Å²) >= 11 is 0. The van der Waals surface area contributed by atoms with Crippen LogP contribution in [-0.2, 0) is 0 Å². The van der Waals surface area contributed by atoms with E-state index in [2.05, 4.69) is 26.9 Å². The molecule has 0 radical (unpaired) electrons. The summed E-state index contributed by atoms with van der Waals surface area (Å²) in [6.45, 7) is 6.60. The van der Waals surface area contributed by atoms with Crippen LogP contribution in [0.5, 0.6) is 5.75 Å². The Morgan fingerprint density at radius 1 is 1.00 bits per heavy atom. The van der Waals surface area contributed by atoms with Crippen molar-refractivity contribution in [3.8, 4) is 5.75 Å². The van der Waals surface area contributed by atoms with E-state index in [1.165, 1.54) is 5.56 Å². The van der Waals surface area contributed by atoms with Crippen molar-refractivity contribution in [2.75, 3.05) is 17.2 Å². The van der Waals surface area contributed by atoms with Gasteiger partial charge in [-0.3, -0.25) is 4.79 Å². The number of aromatic nitrogens is 2. The topological polar surface area (TPSA) is 76.1 Å². The maximum absolute atomic E-state index is 12.3. The largest absolute Gasteiger partial charge is 0.494 e. The molecular formula is C21H22N4O2. The third-order valence-corrected chi connectivity index (χ3v) is 3.97. The zero-order valence-electron chi connectivity index (χ0n) is 15.6. The van der Waals surface area contributed by atoms with Gasteiger partial charge in [0.15, 0.2) is 11.5 Å². The zero-order valence-corrected chi connectivity index (χ0v) is 15.6. The molecule has 1 heterocycles. The molecule has 27 heavy (non-hydrogen) atoms. The Morgan fingerprint density at radius 2 is 1.78 bits per heavy atom. The third kappa shape index (κ3) is 4.82. The zero-order chi connectivity index (χ0) is 19.2. The van der Waals surface area contributed by atoms with E-state index in [1.807, 2.05) is 45.0 Å². The molecule has 0 atom stereocenters. The van der Waals surface area contributed by atoms with Gasteiger partial charge in [0.1, 0.15) is 5.75 Å². The van der Waals surface area contributed by atoms with Gasteiger partial charge in [0, 0.05) is 11.4 Å². The summed E-state index contributed by atoms with van der Waals surface area (Å²) in [6, 6.07) is 16.7. The fraction of sp³-hybridized carbons (Fsp3) is 0.190. The van der Waals surface area contributed by atoms with Gasteiger partial charge in [0.05, 0.1) is 6.61 Å². The number of hydrogen-bond acceptors (Lipinski definition) is 5. The van der Waals surface area contributed by atoms with Crippen molar-refractivity contribution in [3.05, 3.63) is 71.4 Å². The van der Waals surface area contributed by atoms with Gasteiger partial charge in [-0.25, -0.2) is 0 Å². The number of hydrogen-bond donors (Lipinski definition) is 2. The van der Waals surface area contributed by atoms with Crippen molar-refractivity contribution in [2.24, 2.45) is 0 Å². The lowest BCUT2D eigenvalue weighted by Gasteiger charge is -2.10. The van der Waals surface area contributed by atoms with Crippen molar-refractivity contribution < 1.29 is 9.53 Å². The number of anilines is 3. The number of amides is 1. The highest BCUT2D eigenvalue weighted by Gasteiger charge is 2.09. The number of ether oxygens (including phenoxy) is 1. The van der Waals surface area contributed by atoms with E-state index in [9.17, 15) is 4.79 Å². The second kappa shape index (κ2) is 8.31. The molecule has 0 bridgehead atoms. The molecule has 0 saturated heterocycles. The second-order valence-electron chi connectivity index (χ2n) is 6.16. The van der Waals surface area contributed by atoms with E-state index in [0.29, 0.717) is 18.1 Å². The Labute approximate surface area is 158 Å². The Morgan fingerprint density at radius 3 is 2.41 bits per heavy atom. The number of carbonyl (C=O) groups excluding carboxylic acids is 1.